The SMILES string of the molecule is Cc1c(C(=O)O)ccc2c1CC[C@H]2NC(=O)c1cc(C(=O)NCc2cc(F)c(F)c(F)c2)nc2c(C(=O)Nc3ccccc3Cl)cnn12. The predicted octanol–water partition coefficient (Wildman–Crippen LogP) is 5.41. The van der Waals surface area contributed by atoms with Crippen LogP contribution >= 0.6 is 11.6 Å². The largest absolute Gasteiger partial charge is 0.478 e. The first kappa shape index (κ1) is 32.2. The summed E-state index contributed by atoms with van der Waals surface area (Å²) in [5.41, 5.74) is 1.75. The number of carboxylic acid groups (broad SMARTS) is 1. The zero-order chi connectivity index (χ0) is 34.3. The number of benzene rings is 3. The van der Waals surface area contributed by atoms with Gasteiger partial charge in [0, 0.05) is 12.6 Å². The Hall–Kier alpha value is -5.76. The predicted molar refractivity (Wildman–Crippen MR) is 167 cm³/mol. The maximum Gasteiger partial charge on any atom is 0.335 e. The number of hydrogen-bond acceptors (Lipinski definition) is 6. The van der Waals surface area contributed by atoms with E-state index < -0.39 is 53.7 Å². The Balaban J connectivity index is 1.35. The molecule has 11 nitrogen and oxygen atoms in total. The third-order valence-electron chi connectivity index (χ3n) is 8.03. The van der Waals surface area contributed by atoms with Crippen LogP contribution in [0.4, 0.5) is 18.9 Å². The van der Waals surface area contributed by atoms with Crippen LogP contribution < -0.4 is 16.0 Å². The van der Waals surface area contributed by atoms with Crippen molar-refractivity contribution in [1.29, 1.82) is 0 Å². The fraction of sp³-hybridized carbons (Fsp3) is 0.152. The Morgan fingerprint density at radius 1 is 0.979 bits per heavy atom. The number of para-hydroxylation sites is 1. The number of carbonyl (C=O) groups excluding carboxylic acids is 3. The highest BCUT2D eigenvalue weighted by molar-refractivity contribution is 6.34. The Labute approximate surface area is 274 Å². The van der Waals surface area contributed by atoms with Crippen molar-refractivity contribution in [3.8, 4) is 0 Å². The Morgan fingerprint density at radius 3 is 2.42 bits per heavy atom. The second-order valence-corrected chi connectivity index (χ2v) is 11.4. The molecule has 2 heterocycles. The van der Waals surface area contributed by atoms with Gasteiger partial charge in [0.1, 0.15) is 17.0 Å². The second-order valence-electron chi connectivity index (χ2n) is 11.0. The minimum Gasteiger partial charge on any atom is -0.478 e. The van der Waals surface area contributed by atoms with E-state index in [0.717, 1.165) is 33.8 Å². The molecule has 4 N–H and O–H groups in total. The summed E-state index contributed by atoms with van der Waals surface area (Å²) in [7, 11) is 0. The summed E-state index contributed by atoms with van der Waals surface area (Å²) in [5.74, 6) is -7.84. The average molecular weight is 677 g/mol. The van der Waals surface area contributed by atoms with Crippen molar-refractivity contribution < 1.29 is 37.5 Å². The zero-order valence-corrected chi connectivity index (χ0v) is 25.7. The van der Waals surface area contributed by atoms with E-state index in [4.69, 9.17) is 11.6 Å². The minimum absolute atomic E-state index is 0.0794. The zero-order valence-electron chi connectivity index (χ0n) is 24.9. The maximum atomic E-state index is 13.8. The first-order valence-corrected chi connectivity index (χ1v) is 14.8. The summed E-state index contributed by atoms with van der Waals surface area (Å²) in [6.45, 7) is 1.29. The van der Waals surface area contributed by atoms with Crippen molar-refractivity contribution in [3.05, 3.63) is 128 Å². The summed E-state index contributed by atoms with van der Waals surface area (Å²) < 4.78 is 42.0. The van der Waals surface area contributed by atoms with Crippen LogP contribution in [0.25, 0.3) is 5.65 Å². The van der Waals surface area contributed by atoms with Crippen molar-refractivity contribution >= 4 is 46.6 Å². The minimum atomic E-state index is -1.65. The van der Waals surface area contributed by atoms with Gasteiger partial charge in [0.15, 0.2) is 23.1 Å². The van der Waals surface area contributed by atoms with Gasteiger partial charge in [0.05, 0.1) is 28.5 Å². The monoisotopic (exact) mass is 676 g/mol. The van der Waals surface area contributed by atoms with Crippen LogP contribution in [0.3, 0.4) is 0 Å². The van der Waals surface area contributed by atoms with Gasteiger partial charge in [-0.2, -0.15) is 5.10 Å². The van der Waals surface area contributed by atoms with Gasteiger partial charge >= 0.3 is 5.97 Å². The van der Waals surface area contributed by atoms with E-state index in [-0.39, 0.29) is 44.4 Å². The molecule has 0 spiro atoms. The maximum absolute atomic E-state index is 13.8. The van der Waals surface area contributed by atoms with E-state index in [2.05, 4.69) is 26.0 Å². The molecule has 3 amide bonds. The molecule has 1 aliphatic rings. The molecule has 1 atom stereocenters. The molecule has 3 aromatic carbocycles. The number of fused-ring (bicyclic) bond motifs is 2. The van der Waals surface area contributed by atoms with Gasteiger partial charge < -0.3 is 21.1 Å². The molecule has 0 aliphatic heterocycles. The molecule has 48 heavy (non-hydrogen) atoms. The first-order chi connectivity index (χ1) is 22.9. The lowest BCUT2D eigenvalue weighted by atomic mass is 9.98. The van der Waals surface area contributed by atoms with Crippen molar-refractivity contribution in [3.63, 3.8) is 0 Å². The highest BCUT2D eigenvalue weighted by Crippen LogP contribution is 2.35. The summed E-state index contributed by atoms with van der Waals surface area (Å²) in [5, 5.41) is 21.9. The van der Waals surface area contributed by atoms with Crippen LogP contribution in [-0.4, -0.2) is 43.4 Å². The van der Waals surface area contributed by atoms with E-state index in [0.29, 0.717) is 18.4 Å². The normalized spacial score (nSPS) is 13.6. The number of nitrogens with one attached hydrogen (secondary N) is 3. The van der Waals surface area contributed by atoms with Gasteiger partial charge in [-0.3, -0.25) is 14.4 Å². The number of hydrogen-bond donors (Lipinski definition) is 4. The molecular formula is C33H24ClF3N6O5. The molecule has 5 aromatic rings. The number of anilines is 1. The smallest absolute Gasteiger partial charge is 0.335 e. The van der Waals surface area contributed by atoms with Gasteiger partial charge in [-0.15, -0.1) is 0 Å². The molecule has 1 aliphatic carbocycles. The average Bonchev–Trinajstić information content (AvgIpc) is 3.68. The van der Waals surface area contributed by atoms with E-state index >= 15 is 0 Å². The van der Waals surface area contributed by atoms with Gasteiger partial charge in [0.25, 0.3) is 17.7 Å². The molecular weight excluding hydrogens is 653 g/mol. The van der Waals surface area contributed by atoms with Crippen LogP contribution in [0, 0.1) is 24.4 Å². The molecule has 0 bridgehead atoms. The Morgan fingerprint density at radius 2 is 1.71 bits per heavy atom. The summed E-state index contributed by atoms with van der Waals surface area (Å²) in [6, 6.07) is 11.7. The molecule has 0 saturated heterocycles. The lowest BCUT2D eigenvalue weighted by Crippen LogP contribution is -2.31. The van der Waals surface area contributed by atoms with Crippen LogP contribution in [0.5, 0.6) is 0 Å². The number of carboxylic acids is 1. The van der Waals surface area contributed by atoms with Crippen LogP contribution in [0.15, 0.2) is 60.8 Å². The number of amides is 3. The van der Waals surface area contributed by atoms with Gasteiger partial charge in [-0.1, -0.05) is 29.8 Å². The quantitative estimate of drug-likeness (QED) is 0.160. The number of halogens is 4. The standard InChI is InChI=1S/C33H24ClF3N6O5/c1-15-17-8-9-24(19(17)7-6-18(15)33(47)48)41-32(46)27-12-26(31(45)38-13-16-10-22(35)28(37)23(36)11-16)40-29-20(14-39-43(27)29)30(44)42-25-5-3-2-4-21(25)34/h2-7,10-12,14,24H,8-9,13H2,1H3,(H,38,45)(H,41,46)(H,42,44)(H,47,48)/t24-/m1/s1. The van der Waals surface area contributed by atoms with E-state index in [1.54, 1.807) is 37.3 Å². The van der Waals surface area contributed by atoms with Crippen molar-refractivity contribution in [2.24, 2.45) is 0 Å². The first-order valence-electron chi connectivity index (χ1n) is 14.5. The molecule has 2 aromatic heterocycles. The highest BCUT2D eigenvalue weighted by Gasteiger charge is 2.30. The fourth-order valence-corrected chi connectivity index (χ4v) is 5.81. The lowest BCUT2D eigenvalue weighted by molar-refractivity contribution is 0.0695. The van der Waals surface area contributed by atoms with Crippen LogP contribution in [0.1, 0.15) is 76.4 Å². The molecule has 0 saturated carbocycles. The van der Waals surface area contributed by atoms with E-state index in [9.17, 15) is 37.5 Å². The molecule has 6 rings (SSSR count). The number of nitrogens with zero attached hydrogens (tertiary/aromatic N) is 3. The molecule has 15 heteroatoms. The molecule has 0 fully saturated rings. The third kappa shape index (κ3) is 6.05. The number of aromatic carboxylic acids is 1. The van der Waals surface area contributed by atoms with Gasteiger partial charge in [0.2, 0.25) is 0 Å². The highest BCUT2D eigenvalue weighted by atomic mass is 35.5. The Bertz CT molecular complexity index is 2150. The number of carbonyl (C=O) groups is 4. The molecule has 0 unspecified atom stereocenters. The van der Waals surface area contributed by atoms with Gasteiger partial charge in [-0.05, 0) is 72.4 Å². The summed E-state index contributed by atoms with van der Waals surface area (Å²) >= 11 is 6.19. The molecule has 0 radical (unpaired) electrons. The third-order valence-corrected chi connectivity index (χ3v) is 8.36. The second kappa shape index (κ2) is 12.8. The fourth-order valence-electron chi connectivity index (χ4n) is 5.63. The number of rotatable bonds is 8. The van der Waals surface area contributed by atoms with Crippen molar-refractivity contribution in [1.82, 2.24) is 25.2 Å². The van der Waals surface area contributed by atoms with E-state index in [1.807, 2.05) is 0 Å². The van der Waals surface area contributed by atoms with Crippen LogP contribution in [-0.2, 0) is 13.0 Å². The van der Waals surface area contributed by atoms with Gasteiger partial charge in [-0.25, -0.2) is 27.5 Å². The number of aromatic nitrogens is 3. The van der Waals surface area contributed by atoms with Crippen molar-refractivity contribution in [2.45, 2.75) is 32.4 Å². The van der Waals surface area contributed by atoms with E-state index in [1.165, 1.54) is 12.3 Å². The molecule has 244 valence electrons. The summed E-state index contributed by atoms with van der Waals surface area (Å²) in [4.78, 5) is 56.3. The van der Waals surface area contributed by atoms with Crippen molar-refractivity contribution in [2.75, 3.05) is 5.32 Å². The lowest BCUT2D eigenvalue weighted by Gasteiger charge is -2.16. The van der Waals surface area contributed by atoms with Crippen LogP contribution in [0.2, 0.25) is 5.02 Å². The summed E-state index contributed by atoms with van der Waals surface area (Å²) in [6.07, 6.45) is 2.16. The topological polar surface area (TPSA) is 155 Å². The Kier molecular flexibility index (Phi) is 8.58.